The molecular formula is C24H25N3O5. The Bertz CT molecular complexity index is 1380. The largest absolute Gasteiger partial charge is 0.466 e. The molecule has 1 aromatic carbocycles. The van der Waals surface area contributed by atoms with Crippen molar-refractivity contribution in [2.75, 3.05) is 14.2 Å². The molecule has 0 fully saturated rings. The molecule has 166 valence electrons. The van der Waals surface area contributed by atoms with E-state index in [1.807, 2.05) is 47.5 Å². The van der Waals surface area contributed by atoms with Crippen LogP contribution in [0.1, 0.15) is 25.5 Å². The lowest BCUT2D eigenvalue weighted by atomic mass is 9.82. The third-order valence-corrected chi connectivity index (χ3v) is 6.18. The molecule has 0 amide bonds. The topological polar surface area (TPSA) is 91.6 Å². The van der Waals surface area contributed by atoms with Gasteiger partial charge < -0.3 is 23.9 Å². The van der Waals surface area contributed by atoms with Crippen LogP contribution in [-0.2, 0) is 33.2 Å². The number of benzene rings is 1. The van der Waals surface area contributed by atoms with E-state index in [1.54, 1.807) is 13.8 Å². The SMILES string of the molecule is COC(=O)C1=C(C)NC(C)=C(C(=O)OC)C1c1cc(=O)c2c(c3ccccc3n2C)n1C. The highest BCUT2D eigenvalue weighted by molar-refractivity contribution is 6.06. The zero-order valence-corrected chi connectivity index (χ0v) is 18.9. The Labute approximate surface area is 184 Å². The number of rotatable bonds is 3. The lowest BCUT2D eigenvalue weighted by Gasteiger charge is -2.31. The number of carbonyl (C=O) groups excluding carboxylic acids is 2. The maximum Gasteiger partial charge on any atom is 0.336 e. The van der Waals surface area contributed by atoms with E-state index in [4.69, 9.17) is 9.47 Å². The van der Waals surface area contributed by atoms with Crippen molar-refractivity contribution in [3.63, 3.8) is 0 Å². The summed E-state index contributed by atoms with van der Waals surface area (Å²) < 4.78 is 13.8. The van der Waals surface area contributed by atoms with Crippen LogP contribution in [0.15, 0.2) is 57.7 Å². The van der Waals surface area contributed by atoms with E-state index in [-0.39, 0.29) is 16.6 Å². The highest BCUT2D eigenvalue weighted by Gasteiger charge is 2.39. The molecule has 1 aliphatic rings. The molecule has 0 spiro atoms. The number of methoxy groups -OCH3 is 2. The zero-order valence-electron chi connectivity index (χ0n) is 18.9. The second-order valence-corrected chi connectivity index (χ2v) is 7.88. The first-order valence-corrected chi connectivity index (χ1v) is 10.1. The normalized spacial score (nSPS) is 14.8. The van der Waals surface area contributed by atoms with E-state index in [9.17, 15) is 14.4 Å². The van der Waals surface area contributed by atoms with Crippen molar-refractivity contribution in [2.45, 2.75) is 19.8 Å². The molecule has 4 rings (SSSR count). The van der Waals surface area contributed by atoms with Crippen molar-refractivity contribution >= 4 is 33.9 Å². The van der Waals surface area contributed by atoms with Crippen molar-refractivity contribution in [3.8, 4) is 0 Å². The molecule has 8 nitrogen and oxygen atoms in total. The van der Waals surface area contributed by atoms with Gasteiger partial charge in [0, 0.05) is 42.6 Å². The molecule has 0 saturated heterocycles. The third kappa shape index (κ3) is 2.94. The number of pyridine rings is 1. The predicted molar refractivity (Wildman–Crippen MR) is 121 cm³/mol. The zero-order chi connectivity index (χ0) is 23.3. The van der Waals surface area contributed by atoms with Crippen molar-refractivity contribution in [1.29, 1.82) is 0 Å². The summed E-state index contributed by atoms with van der Waals surface area (Å²) in [5.41, 5.74) is 4.11. The average Bonchev–Trinajstić information content (AvgIpc) is 3.08. The molecule has 0 bridgehead atoms. The van der Waals surface area contributed by atoms with Crippen LogP contribution in [0, 0.1) is 0 Å². The molecule has 3 heterocycles. The Morgan fingerprint density at radius 2 is 1.47 bits per heavy atom. The summed E-state index contributed by atoms with van der Waals surface area (Å²) in [4.78, 5) is 39.0. The minimum atomic E-state index is -0.836. The van der Waals surface area contributed by atoms with Gasteiger partial charge in [-0.3, -0.25) is 4.79 Å². The molecule has 3 aromatic rings. The molecule has 2 aromatic heterocycles. The van der Waals surface area contributed by atoms with E-state index >= 15 is 0 Å². The number of ether oxygens (including phenoxy) is 2. The maximum atomic E-state index is 13.3. The number of nitrogens with one attached hydrogen (secondary N) is 1. The van der Waals surface area contributed by atoms with Crippen LogP contribution in [0.5, 0.6) is 0 Å². The monoisotopic (exact) mass is 435 g/mol. The van der Waals surface area contributed by atoms with Crippen LogP contribution in [-0.4, -0.2) is 35.3 Å². The molecule has 0 atom stereocenters. The summed E-state index contributed by atoms with van der Waals surface area (Å²) >= 11 is 0. The molecular weight excluding hydrogens is 410 g/mol. The summed E-state index contributed by atoms with van der Waals surface area (Å²) in [6.45, 7) is 3.48. The molecule has 32 heavy (non-hydrogen) atoms. The highest BCUT2D eigenvalue weighted by atomic mass is 16.5. The molecule has 1 N–H and O–H groups in total. The second kappa shape index (κ2) is 7.71. The van der Waals surface area contributed by atoms with Gasteiger partial charge in [-0.05, 0) is 19.9 Å². The van der Waals surface area contributed by atoms with Crippen molar-refractivity contribution < 1.29 is 19.1 Å². The summed E-state index contributed by atoms with van der Waals surface area (Å²) in [5.74, 6) is -2.00. The Balaban J connectivity index is 2.14. The molecule has 0 radical (unpaired) electrons. The first kappa shape index (κ1) is 21.4. The van der Waals surface area contributed by atoms with Gasteiger partial charge in [0.05, 0.1) is 42.3 Å². The Morgan fingerprint density at radius 1 is 0.906 bits per heavy atom. The highest BCUT2D eigenvalue weighted by Crippen LogP contribution is 2.40. The number of fused-ring (bicyclic) bond motifs is 3. The Morgan fingerprint density at radius 3 is 2.03 bits per heavy atom. The fourth-order valence-electron chi connectivity index (χ4n) is 4.75. The maximum absolute atomic E-state index is 13.3. The predicted octanol–water partition coefficient (Wildman–Crippen LogP) is 2.61. The summed E-state index contributed by atoms with van der Waals surface area (Å²) in [7, 11) is 6.26. The first-order valence-electron chi connectivity index (χ1n) is 10.1. The molecule has 0 saturated carbocycles. The standard InChI is InChI=1S/C24H25N3O5/c1-12-18(23(29)31-5)20(19(13(2)25-12)24(30)32-6)16-11-17(28)22-21(27(16)4)14-9-7-8-10-15(14)26(22)3/h7-11,20,25H,1-6H3. The molecule has 0 aliphatic carbocycles. The number of aromatic nitrogens is 2. The second-order valence-electron chi connectivity index (χ2n) is 7.88. The van der Waals surface area contributed by atoms with Gasteiger partial charge >= 0.3 is 11.9 Å². The molecule has 0 unspecified atom stereocenters. The first-order chi connectivity index (χ1) is 15.2. The summed E-state index contributed by atoms with van der Waals surface area (Å²) in [5, 5.41) is 3.98. The van der Waals surface area contributed by atoms with Crippen LogP contribution >= 0.6 is 0 Å². The van der Waals surface area contributed by atoms with Gasteiger partial charge in [-0.2, -0.15) is 0 Å². The number of hydrogen-bond donors (Lipinski definition) is 1. The van der Waals surface area contributed by atoms with Gasteiger partial charge in [0.2, 0.25) is 5.43 Å². The van der Waals surface area contributed by atoms with Gasteiger partial charge in [0.15, 0.2) is 0 Å². The number of esters is 2. The number of dihydropyridines is 1. The quantitative estimate of drug-likeness (QED) is 0.636. The number of allylic oxidation sites excluding steroid dienone is 2. The van der Waals surface area contributed by atoms with Gasteiger partial charge in [-0.15, -0.1) is 0 Å². The summed E-state index contributed by atoms with van der Waals surface area (Å²) in [6.07, 6.45) is 0. The number of para-hydroxylation sites is 1. The smallest absolute Gasteiger partial charge is 0.336 e. The number of carbonyl (C=O) groups is 2. The van der Waals surface area contributed by atoms with E-state index in [0.29, 0.717) is 22.6 Å². The van der Waals surface area contributed by atoms with Gasteiger partial charge in [0.1, 0.15) is 5.52 Å². The van der Waals surface area contributed by atoms with Crippen molar-refractivity contribution in [1.82, 2.24) is 14.5 Å². The van der Waals surface area contributed by atoms with E-state index in [1.165, 1.54) is 20.3 Å². The number of aryl methyl sites for hydroxylation is 2. The minimum absolute atomic E-state index is 0.200. The van der Waals surface area contributed by atoms with E-state index in [0.717, 1.165) is 16.4 Å². The number of hydrogen-bond acceptors (Lipinski definition) is 6. The fraction of sp³-hybridized carbons (Fsp3) is 0.292. The van der Waals surface area contributed by atoms with E-state index < -0.39 is 17.9 Å². The van der Waals surface area contributed by atoms with Crippen LogP contribution < -0.4 is 10.7 Å². The van der Waals surface area contributed by atoms with Crippen LogP contribution in [0.3, 0.4) is 0 Å². The summed E-state index contributed by atoms with van der Waals surface area (Å²) in [6, 6.07) is 9.23. The Kier molecular flexibility index (Phi) is 5.16. The van der Waals surface area contributed by atoms with Crippen LogP contribution in [0.25, 0.3) is 21.9 Å². The van der Waals surface area contributed by atoms with E-state index in [2.05, 4.69) is 5.32 Å². The van der Waals surface area contributed by atoms with Gasteiger partial charge in [-0.25, -0.2) is 9.59 Å². The van der Waals surface area contributed by atoms with Crippen LogP contribution in [0.2, 0.25) is 0 Å². The third-order valence-electron chi connectivity index (χ3n) is 6.18. The van der Waals surface area contributed by atoms with Crippen LogP contribution in [0.4, 0.5) is 0 Å². The fourth-order valence-corrected chi connectivity index (χ4v) is 4.75. The lowest BCUT2D eigenvalue weighted by Crippen LogP contribution is -2.33. The van der Waals surface area contributed by atoms with Gasteiger partial charge in [-0.1, -0.05) is 18.2 Å². The molecule has 8 heteroatoms. The molecule has 1 aliphatic heterocycles. The van der Waals surface area contributed by atoms with Crippen molar-refractivity contribution in [3.05, 3.63) is 68.8 Å². The average molecular weight is 435 g/mol. The lowest BCUT2D eigenvalue weighted by molar-refractivity contribution is -0.137. The van der Waals surface area contributed by atoms with Gasteiger partial charge in [0.25, 0.3) is 0 Å². The number of nitrogens with zero attached hydrogens (tertiary/aromatic N) is 2. The minimum Gasteiger partial charge on any atom is -0.466 e. The van der Waals surface area contributed by atoms with Crippen molar-refractivity contribution in [2.24, 2.45) is 14.1 Å². The Hall–Kier alpha value is -3.81.